The van der Waals surface area contributed by atoms with Crippen molar-refractivity contribution >= 4 is 11.5 Å². The van der Waals surface area contributed by atoms with Crippen LogP contribution in [0, 0.1) is 11.7 Å². The summed E-state index contributed by atoms with van der Waals surface area (Å²) in [5.41, 5.74) is 6.46. The first-order chi connectivity index (χ1) is 9.04. The second-order valence-corrected chi connectivity index (χ2v) is 5.30. The van der Waals surface area contributed by atoms with Crippen LogP contribution in [0.15, 0.2) is 23.4 Å². The highest BCUT2D eigenvalue weighted by Gasteiger charge is 2.28. The van der Waals surface area contributed by atoms with Crippen LogP contribution in [0.2, 0.25) is 0 Å². The Balaban J connectivity index is 2.31. The lowest BCUT2D eigenvalue weighted by molar-refractivity contribution is 0.318. The van der Waals surface area contributed by atoms with E-state index in [4.69, 9.17) is 10.9 Å². The molecule has 0 bridgehead atoms. The van der Waals surface area contributed by atoms with Gasteiger partial charge in [0.2, 0.25) is 0 Å². The van der Waals surface area contributed by atoms with E-state index in [-0.39, 0.29) is 11.7 Å². The zero-order valence-corrected chi connectivity index (χ0v) is 11.3. The van der Waals surface area contributed by atoms with Crippen LogP contribution in [0.25, 0.3) is 0 Å². The predicted octanol–water partition coefficient (Wildman–Crippen LogP) is 2.54. The smallest absolute Gasteiger partial charge is 0.170 e. The van der Waals surface area contributed by atoms with Crippen LogP contribution < -0.4 is 10.6 Å². The first-order valence-electron chi connectivity index (χ1n) is 6.58. The molecule has 19 heavy (non-hydrogen) atoms. The lowest BCUT2D eigenvalue weighted by atomic mass is 10.0. The maximum absolute atomic E-state index is 14.2. The number of hydrogen-bond acceptors (Lipinski definition) is 3. The third-order valence-corrected chi connectivity index (χ3v) is 3.73. The van der Waals surface area contributed by atoms with Crippen LogP contribution in [-0.2, 0) is 0 Å². The van der Waals surface area contributed by atoms with E-state index in [9.17, 15) is 4.39 Å². The number of benzene rings is 1. The Morgan fingerprint density at radius 1 is 1.53 bits per heavy atom. The zero-order valence-electron chi connectivity index (χ0n) is 11.3. The molecule has 0 spiro atoms. The van der Waals surface area contributed by atoms with Gasteiger partial charge in [0.05, 0.1) is 5.69 Å². The van der Waals surface area contributed by atoms with Crippen molar-refractivity contribution in [1.29, 1.82) is 0 Å². The molecule has 1 aliphatic rings. The van der Waals surface area contributed by atoms with Crippen LogP contribution >= 0.6 is 0 Å². The van der Waals surface area contributed by atoms with E-state index in [0.717, 1.165) is 19.4 Å². The minimum Gasteiger partial charge on any atom is -0.409 e. The third kappa shape index (κ3) is 2.64. The van der Waals surface area contributed by atoms with E-state index >= 15 is 0 Å². The van der Waals surface area contributed by atoms with Crippen molar-refractivity contribution in [2.24, 2.45) is 16.8 Å². The Bertz CT molecular complexity index is 488. The fraction of sp³-hybridized carbons (Fsp3) is 0.500. The minimum atomic E-state index is -0.323. The van der Waals surface area contributed by atoms with E-state index in [1.54, 1.807) is 12.1 Å². The van der Waals surface area contributed by atoms with Gasteiger partial charge in [-0.05, 0) is 37.0 Å². The predicted molar refractivity (Wildman–Crippen MR) is 74.1 cm³/mol. The molecule has 1 saturated heterocycles. The molecule has 1 aromatic carbocycles. The molecule has 1 heterocycles. The summed E-state index contributed by atoms with van der Waals surface area (Å²) in [5.74, 6) is 0.0922. The molecular weight excluding hydrogens is 245 g/mol. The van der Waals surface area contributed by atoms with Gasteiger partial charge in [0.1, 0.15) is 5.82 Å². The summed E-state index contributed by atoms with van der Waals surface area (Å²) in [4.78, 5) is 2.12. The molecule has 4 nitrogen and oxygen atoms in total. The standard InChI is InChI=1S/C14H20FN3O/c1-9(2)12-4-3-7-18(12)13-6-5-10(8-11(13)15)14(16)17-19/h5-6,8-9,12,19H,3-4,7H2,1-2H3,(H2,16,17). The van der Waals surface area contributed by atoms with Crippen LogP contribution in [0.3, 0.4) is 0 Å². The molecule has 0 aromatic heterocycles. The van der Waals surface area contributed by atoms with Crippen molar-refractivity contribution < 1.29 is 9.60 Å². The number of hydrogen-bond donors (Lipinski definition) is 2. The molecule has 0 amide bonds. The van der Waals surface area contributed by atoms with E-state index in [1.165, 1.54) is 6.07 Å². The quantitative estimate of drug-likeness (QED) is 0.382. The van der Waals surface area contributed by atoms with Gasteiger partial charge in [0, 0.05) is 18.2 Å². The molecular formula is C14H20FN3O. The Hall–Kier alpha value is -1.78. The number of oxime groups is 1. The van der Waals surface area contributed by atoms with Crippen molar-refractivity contribution in [2.75, 3.05) is 11.4 Å². The Labute approximate surface area is 112 Å². The largest absolute Gasteiger partial charge is 0.409 e. The number of amidine groups is 1. The molecule has 1 aromatic rings. The average Bonchev–Trinajstić information content (AvgIpc) is 2.86. The first kappa shape index (κ1) is 13.6. The third-order valence-electron chi connectivity index (χ3n) is 3.73. The van der Waals surface area contributed by atoms with Crippen molar-refractivity contribution in [3.8, 4) is 0 Å². The van der Waals surface area contributed by atoms with Gasteiger partial charge in [-0.1, -0.05) is 19.0 Å². The second-order valence-electron chi connectivity index (χ2n) is 5.30. The molecule has 1 atom stereocenters. The van der Waals surface area contributed by atoms with Crippen LogP contribution in [0.5, 0.6) is 0 Å². The first-order valence-corrected chi connectivity index (χ1v) is 6.58. The number of anilines is 1. The van der Waals surface area contributed by atoms with Crippen LogP contribution in [-0.4, -0.2) is 23.6 Å². The van der Waals surface area contributed by atoms with Crippen molar-refractivity contribution in [2.45, 2.75) is 32.7 Å². The van der Waals surface area contributed by atoms with Crippen LogP contribution in [0.4, 0.5) is 10.1 Å². The Kier molecular flexibility index (Phi) is 3.93. The van der Waals surface area contributed by atoms with Gasteiger partial charge in [-0.2, -0.15) is 0 Å². The molecule has 3 N–H and O–H groups in total. The van der Waals surface area contributed by atoms with Gasteiger partial charge < -0.3 is 15.8 Å². The van der Waals surface area contributed by atoms with E-state index in [1.807, 2.05) is 0 Å². The fourth-order valence-electron chi connectivity index (χ4n) is 2.74. The Morgan fingerprint density at radius 3 is 2.84 bits per heavy atom. The highest BCUT2D eigenvalue weighted by Crippen LogP contribution is 2.31. The average molecular weight is 265 g/mol. The van der Waals surface area contributed by atoms with Crippen LogP contribution in [0.1, 0.15) is 32.3 Å². The molecule has 0 aliphatic carbocycles. The van der Waals surface area contributed by atoms with Gasteiger partial charge in [-0.3, -0.25) is 0 Å². The molecule has 5 heteroatoms. The molecule has 1 fully saturated rings. The molecule has 0 saturated carbocycles. The minimum absolute atomic E-state index is 0.0766. The normalized spacial score (nSPS) is 20.3. The molecule has 2 rings (SSSR count). The maximum Gasteiger partial charge on any atom is 0.170 e. The summed E-state index contributed by atoms with van der Waals surface area (Å²) in [6.45, 7) is 5.19. The highest BCUT2D eigenvalue weighted by atomic mass is 19.1. The summed E-state index contributed by atoms with van der Waals surface area (Å²) < 4.78 is 14.2. The van der Waals surface area contributed by atoms with E-state index in [2.05, 4.69) is 23.9 Å². The summed E-state index contributed by atoms with van der Waals surface area (Å²) in [7, 11) is 0. The topological polar surface area (TPSA) is 61.8 Å². The van der Waals surface area contributed by atoms with Crippen molar-refractivity contribution in [1.82, 2.24) is 0 Å². The van der Waals surface area contributed by atoms with Crippen molar-refractivity contribution in [3.05, 3.63) is 29.6 Å². The lowest BCUT2D eigenvalue weighted by Crippen LogP contribution is -2.34. The monoisotopic (exact) mass is 265 g/mol. The maximum atomic E-state index is 14.2. The number of nitrogens with two attached hydrogens (primary N) is 1. The van der Waals surface area contributed by atoms with Gasteiger partial charge in [0.15, 0.2) is 5.84 Å². The summed E-state index contributed by atoms with van der Waals surface area (Å²) in [6, 6.07) is 5.09. The summed E-state index contributed by atoms with van der Waals surface area (Å²) >= 11 is 0. The van der Waals surface area contributed by atoms with Gasteiger partial charge in [0.25, 0.3) is 0 Å². The summed E-state index contributed by atoms with van der Waals surface area (Å²) in [6.07, 6.45) is 2.18. The molecule has 0 radical (unpaired) electrons. The molecule has 104 valence electrons. The van der Waals surface area contributed by atoms with Gasteiger partial charge in [-0.15, -0.1) is 0 Å². The fourth-order valence-corrected chi connectivity index (χ4v) is 2.74. The van der Waals surface area contributed by atoms with Gasteiger partial charge in [-0.25, -0.2) is 4.39 Å². The SMILES string of the molecule is CC(C)C1CCCN1c1ccc(C(N)=NO)cc1F. The lowest BCUT2D eigenvalue weighted by Gasteiger charge is -2.30. The van der Waals surface area contributed by atoms with E-state index in [0.29, 0.717) is 23.2 Å². The van der Waals surface area contributed by atoms with Crippen molar-refractivity contribution in [3.63, 3.8) is 0 Å². The number of halogens is 1. The number of nitrogens with zero attached hydrogens (tertiary/aromatic N) is 2. The van der Waals surface area contributed by atoms with E-state index < -0.39 is 0 Å². The number of rotatable bonds is 3. The molecule has 1 unspecified atom stereocenters. The Morgan fingerprint density at radius 2 is 2.26 bits per heavy atom. The highest BCUT2D eigenvalue weighted by molar-refractivity contribution is 5.97. The van der Waals surface area contributed by atoms with Gasteiger partial charge >= 0.3 is 0 Å². The summed E-state index contributed by atoms with van der Waals surface area (Å²) in [5, 5.41) is 11.5. The second kappa shape index (κ2) is 5.47. The zero-order chi connectivity index (χ0) is 14.0. The molecule has 1 aliphatic heterocycles.